The van der Waals surface area contributed by atoms with Crippen molar-refractivity contribution in [1.82, 2.24) is 24.5 Å². The molecule has 1 fully saturated rings. The van der Waals surface area contributed by atoms with Gasteiger partial charge in [0.05, 0.1) is 36.1 Å². The van der Waals surface area contributed by atoms with E-state index >= 15 is 0 Å². The molecule has 0 spiro atoms. The van der Waals surface area contributed by atoms with E-state index in [1.165, 1.54) is 29.0 Å². The van der Waals surface area contributed by atoms with Gasteiger partial charge in [-0.05, 0) is 18.2 Å². The van der Waals surface area contributed by atoms with Crippen molar-refractivity contribution in [3.05, 3.63) is 41.4 Å². The minimum absolute atomic E-state index is 0.0263. The molecule has 134 valence electrons. The number of fused-ring (bicyclic) bond motifs is 1. The summed E-state index contributed by atoms with van der Waals surface area (Å²) in [6.45, 7) is -1.29. The van der Waals surface area contributed by atoms with Crippen LogP contribution in [0.1, 0.15) is 0 Å². The van der Waals surface area contributed by atoms with Crippen molar-refractivity contribution < 1.29 is 18.0 Å². The number of nitrogens with one attached hydrogen (secondary N) is 1. The molecule has 7 nitrogen and oxygen atoms in total. The molecular weight excluding hydrogens is 373 g/mol. The third-order valence-electron chi connectivity index (χ3n) is 3.75. The molecule has 2 amide bonds. The summed E-state index contributed by atoms with van der Waals surface area (Å²) in [5.74, 6) is -3.20. The Balaban J connectivity index is 1.60. The van der Waals surface area contributed by atoms with Gasteiger partial charge >= 0.3 is 6.03 Å². The highest BCUT2D eigenvalue weighted by molar-refractivity contribution is 6.30. The van der Waals surface area contributed by atoms with Crippen molar-refractivity contribution >= 4 is 29.1 Å². The van der Waals surface area contributed by atoms with Crippen LogP contribution in [0.3, 0.4) is 0 Å². The summed E-state index contributed by atoms with van der Waals surface area (Å²) in [6.07, 6.45) is 2.85. The summed E-state index contributed by atoms with van der Waals surface area (Å²) < 4.78 is 41.2. The van der Waals surface area contributed by atoms with Gasteiger partial charge in [0.15, 0.2) is 5.82 Å². The fourth-order valence-electron chi connectivity index (χ4n) is 2.51. The molecular formula is C15H10ClF3N6O. The second kappa shape index (κ2) is 5.84. The van der Waals surface area contributed by atoms with Crippen molar-refractivity contribution in [1.29, 1.82) is 0 Å². The standard InChI is InChI=1S/C15H10ClF3N6O/c16-8-4-20-13-22-12(23-25(13)5-8)10-3-9(1-2-11(10)17)21-14(26)24-6-15(18,19)7-24/h1-5H,6-7H2,(H,21,26). The van der Waals surface area contributed by atoms with Crippen LogP contribution >= 0.6 is 11.6 Å². The number of urea groups is 1. The Bertz CT molecular complexity index is 1020. The monoisotopic (exact) mass is 382 g/mol. The Morgan fingerprint density at radius 3 is 2.81 bits per heavy atom. The zero-order valence-corrected chi connectivity index (χ0v) is 13.7. The maximum Gasteiger partial charge on any atom is 0.322 e. The highest BCUT2D eigenvalue weighted by Crippen LogP contribution is 2.28. The van der Waals surface area contributed by atoms with Gasteiger partial charge in [0.2, 0.25) is 0 Å². The third kappa shape index (κ3) is 3.03. The van der Waals surface area contributed by atoms with Gasteiger partial charge in [-0.2, -0.15) is 4.98 Å². The van der Waals surface area contributed by atoms with E-state index in [1.54, 1.807) is 0 Å². The summed E-state index contributed by atoms with van der Waals surface area (Å²) in [6, 6.07) is 3.08. The molecule has 2 aromatic heterocycles. The van der Waals surface area contributed by atoms with Crippen LogP contribution in [0.2, 0.25) is 5.02 Å². The molecule has 1 saturated heterocycles. The number of nitrogens with zero attached hydrogens (tertiary/aromatic N) is 5. The number of likely N-dealkylation sites (tertiary alicyclic amines) is 1. The zero-order chi connectivity index (χ0) is 18.5. The first kappa shape index (κ1) is 16.6. The lowest BCUT2D eigenvalue weighted by Crippen LogP contribution is -2.59. The summed E-state index contributed by atoms with van der Waals surface area (Å²) in [5.41, 5.74) is 0.254. The second-order valence-electron chi connectivity index (χ2n) is 5.79. The normalized spacial score (nSPS) is 15.8. The maximum absolute atomic E-state index is 14.2. The van der Waals surface area contributed by atoms with Crippen LogP contribution in [0.25, 0.3) is 17.2 Å². The number of carbonyl (C=O) groups excluding carboxylic acids is 1. The van der Waals surface area contributed by atoms with Crippen molar-refractivity contribution in [2.45, 2.75) is 5.92 Å². The van der Waals surface area contributed by atoms with Crippen LogP contribution in [0.15, 0.2) is 30.6 Å². The van der Waals surface area contributed by atoms with Crippen molar-refractivity contribution in [2.75, 3.05) is 18.4 Å². The maximum atomic E-state index is 14.2. The third-order valence-corrected chi connectivity index (χ3v) is 3.95. The largest absolute Gasteiger partial charge is 0.322 e. The van der Waals surface area contributed by atoms with Gasteiger partial charge in [0.25, 0.3) is 11.7 Å². The van der Waals surface area contributed by atoms with Gasteiger partial charge in [0, 0.05) is 5.69 Å². The molecule has 26 heavy (non-hydrogen) atoms. The number of alkyl halides is 2. The number of aromatic nitrogens is 4. The molecule has 1 aliphatic heterocycles. The first-order chi connectivity index (χ1) is 12.3. The topological polar surface area (TPSA) is 75.4 Å². The Labute approximate surface area is 149 Å². The minimum atomic E-state index is -2.86. The molecule has 1 N–H and O–H groups in total. The lowest BCUT2D eigenvalue weighted by atomic mass is 10.1. The molecule has 1 aliphatic rings. The predicted octanol–water partition coefficient (Wildman–Crippen LogP) is 3.07. The van der Waals surface area contributed by atoms with Gasteiger partial charge in [-0.1, -0.05) is 11.6 Å². The van der Waals surface area contributed by atoms with Gasteiger partial charge in [-0.15, -0.1) is 5.10 Å². The van der Waals surface area contributed by atoms with Crippen LogP contribution < -0.4 is 5.32 Å². The summed E-state index contributed by atoms with van der Waals surface area (Å²) in [5, 5.41) is 6.89. The Morgan fingerprint density at radius 1 is 1.31 bits per heavy atom. The Kier molecular flexibility index (Phi) is 3.72. The summed E-state index contributed by atoms with van der Waals surface area (Å²) in [7, 11) is 0. The number of hydrogen-bond donors (Lipinski definition) is 1. The Hall–Kier alpha value is -2.88. The number of hydrogen-bond acceptors (Lipinski definition) is 4. The molecule has 0 unspecified atom stereocenters. The van der Waals surface area contributed by atoms with E-state index in [4.69, 9.17) is 11.6 Å². The van der Waals surface area contributed by atoms with Crippen molar-refractivity contribution in [2.24, 2.45) is 0 Å². The first-order valence-electron chi connectivity index (χ1n) is 7.42. The molecule has 0 aliphatic carbocycles. The number of rotatable bonds is 2. The molecule has 0 radical (unpaired) electrons. The average molecular weight is 383 g/mol. The van der Waals surface area contributed by atoms with Gasteiger partial charge in [-0.3, -0.25) is 0 Å². The SMILES string of the molecule is O=C(Nc1ccc(F)c(-c2nc3ncc(Cl)cn3n2)c1)N1CC(F)(F)C1. The van der Waals surface area contributed by atoms with Crippen LogP contribution in [0, 0.1) is 5.82 Å². The Morgan fingerprint density at radius 2 is 2.08 bits per heavy atom. The molecule has 0 saturated carbocycles. The number of amides is 2. The van der Waals surface area contributed by atoms with E-state index in [1.807, 2.05) is 0 Å². The molecule has 4 rings (SSSR count). The van der Waals surface area contributed by atoms with E-state index in [9.17, 15) is 18.0 Å². The van der Waals surface area contributed by atoms with Crippen LogP contribution in [0.5, 0.6) is 0 Å². The van der Waals surface area contributed by atoms with E-state index in [-0.39, 0.29) is 22.9 Å². The summed E-state index contributed by atoms with van der Waals surface area (Å²) >= 11 is 5.83. The lowest BCUT2D eigenvalue weighted by molar-refractivity contribution is -0.107. The number of carbonyl (C=O) groups is 1. The highest BCUT2D eigenvalue weighted by Gasteiger charge is 2.46. The fraction of sp³-hybridized carbons (Fsp3) is 0.200. The highest BCUT2D eigenvalue weighted by atomic mass is 35.5. The van der Waals surface area contributed by atoms with Gasteiger partial charge in [0.1, 0.15) is 5.82 Å². The first-order valence-corrected chi connectivity index (χ1v) is 7.80. The molecule has 1 aromatic carbocycles. The van der Waals surface area contributed by atoms with Gasteiger partial charge in [-0.25, -0.2) is 27.5 Å². The van der Waals surface area contributed by atoms with E-state index < -0.39 is 30.9 Å². The van der Waals surface area contributed by atoms with Crippen LogP contribution in [-0.4, -0.2) is 49.5 Å². The van der Waals surface area contributed by atoms with E-state index in [2.05, 4.69) is 20.4 Å². The zero-order valence-electron chi connectivity index (χ0n) is 13.0. The van der Waals surface area contributed by atoms with Crippen LogP contribution in [-0.2, 0) is 0 Å². The smallest absolute Gasteiger partial charge is 0.312 e. The molecule has 11 heteroatoms. The second-order valence-corrected chi connectivity index (χ2v) is 6.23. The van der Waals surface area contributed by atoms with Crippen molar-refractivity contribution in [3.63, 3.8) is 0 Å². The number of benzene rings is 1. The predicted molar refractivity (Wildman–Crippen MR) is 86.7 cm³/mol. The minimum Gasteiger partial charge on any atom is -0.312 e. The molecule has 0 atom stereocenters. The quantitative estimate of drug-likeness (QED) is 0.739. The average Bonchev–Trinajstić information content (AvgIpc) is 2.97. The number of halogens is 4. The van der Waals surface area contributed by atoms with E-state index in [0.29, 0.717) is 5.02 Å². The van der Waals surface area contributed by atoms with E-state index in [0.717, 1.165) is 11.0 Å². The summed E-state index contributed by atoms with van der Waals surface area (Å²) in [4.78, 5) is 21.0. The molecule has 3 heterocycles. The molecule has 3 aromatic rings. The fourth-order valence-corrected chi connectivity index (χ4v) is 2.65. The lowest BCUT2D eigenvalue weighted by Gasteiger charge is -2.38. The van der Waals surface area contributed by atoms with Crippen molar-refractivity contribution in [3.8, 4) is 11.4 Å². The number of anilines is 1. The van der Waals surface area contributed by atoms with Gasteiger partial charge < -0.3 is 10.2 Å². The molecule has 0 bridgehead atoms. The van der Waals surface area contributed by atoms with Crippen LogP contribution in [0.4, 0.5) is 23.7 Å².